The van der Waals surface area contributed by atoms with Crippen molar-refractivity contribution in [1.29, 1.82) is 0 Å². The van der Waals surface area contributed by atoms with Crippen LogP contribution in [0.15, 0.2) is 42.5 Å². The van der Waals surface area contributed by atoms with Crippen LogP contribution in [0.2, 0.25) is 0 Å². The molecule has 0 saturated heterocycles. The Morgan fingerprint density at radius 1 is 1.19 bits per heavy atom. The van der Waals surface area contributed by atoms with E-state index in [1.807, 2.05) is 37.3 Å². The number of aromatic nitrogens is 1. The second-order valence-electron chi connectivity index (χ2n) is 4.98. The topological polar surface area (TPSA) is 54.0 Å². The molecule has 21 heavy (non-hydrogen) atoms. The molecule has 0 spiro atoms. The van der Waals surface area contributed by atoms with Crippen molar-refractivity contribution in [2.24, 2.45) is 0 Å². The molecule has 1 aromatic heterocycles. The van der Waals surface area contributed by atoms with Crippen molar-refractivity contribution in [3.8, 4) is 0 Å². The molecule has 4 heteroatoms. The molecule has 0 atom stereocenters. The van der Waals surface area contributed by atoms with E-state index in [-0.39, 0.29) is 5.91 Å². The number of hydrogen-bond acceptors (Lipinski definition) is 3. The van der Waals surface area contributed by atoms with Crippen molar-refractivity contribution in [2.45, 2.75) is 26.8 Å². The van der Waals surface area contributed by atoms with E-state index in [1.54, 1.807) is 12.1 Å². The van der Waals surface area contributed by atoms with Crippen LogP contribution < -0.4 is 10.6 Å². The molecule has 2 rings (SSSR count). The maximum Gasteiger partial charge on any atom is 0.251 e. The normalized spacial score (nSPS) is 10.2. The summed E-state index contributed by atoms with van der Waals surface area (Å²) in [5.41, 5.74) is 2.55. The van der Waals surface area contributed by atoms with E-state index in [2.05, 4.69) is 22.5 Å². The largest absolute Gasteiger partial charge is 0.370 e. The number of benzene rings is 1. The molecule has 2 N–H and O–H groups in total. The molecule has 0 radical (unpaired) electrons. The van der Waals surface area contributed by atoms with E-state index in [0.29, 0.717) is 12.1 Å². The minimum Gasteiger partial charge on any atom is -0.370 e. The number of nitrogens with one attached hydrogen (secondary N) is 2. The molecule has 1 amide bonds. The Bertz CT molecular complexity index is 596. The molecule has 2 aromatic rings. The highest BCUT2D eigenvalue weighted by Crippen LogP contribution is 2.10. The summed E-state index contributed by atoms with van der Waals surface area (Å²) in [5, 5.41) is 6.14. The molecule has 0 unspecified atom stereocenters. The summed E-state index contributed by atoms with van der Waals surface area (Å²) in [4.78, 5) is 16.6. The second-order valence-corrected chi connectivity index (χ2v) is 4.98. The third-order valence-corrected chi connectivity index (χ3v) is 3.07. The molecule has 1 heterocycles. The van der Waals surface area contributed by atoms with Crippen molar-refractivity contribution >= 4 is 11.7 Å². The first-order chi connectivity index (χ1) is 10.2. The highest BCUT2D eigenvalue weighted by atomic mass is 16.1. The lowest BCUT2D eigenvalue weighted by atomic mass is 10.2. The molecular formula is C17H21N3O. The van der Waals surface area contributed by atoms with Gasteiger partial charge in [-0.1, -0.05) is 37.3 Å². The average Bonchev–Trinajstić information content (AvgIpc) is 2.51. The maximum atomic E-state index is 12.2. The monoisotopic (exact) mass is 283 g/mol. The SMILES string of the molecule is CCCNc1cc(C(=O)NCc2ccccc2)cc(C)n1. The Kier molecular flexibility index (Phi) is 5.32. The predicted octanol–water partition coefficient (Wildman–Crippen LogP) is 3.14. The van der Waals surface area contributed by atoms with Gasteiger partial charge in [-0.2, -0.15) is 0 Å². The molecule has 1 aromatic carbocycles. The Morgan fingerprint density at radius 3 is 2.67 bits per heavy atom. The van der Waals surface area contributed by atoms with Crippen LogP contribution in [0.3, 0.4) is 0 Å². The van der Waals surface area contributed by atoms with Gasteiger partial charge in [-0.15, -0.1) is 0 Å². The summed E-state index contributed by atoms with van der Waals surface area (Å²) in [6.45, 7) is 5.36. The number of anilines is 1. The number of hydrogen-bond donors (Lipinski definition) is 2. The molecule has 0 bridgehead atoms. The van der Waals surface area contributed by atoms with Crippen LogP contribution in [0, 0.1) is 6.92 Å². The second kappa shape index (κ2) is 7.43. The van der Waals surface area contributed by atoms with Gasteiger partial charge < -0.3 is 10.6 Å². The van der Waals surface area contributed by atoms with Crippen molar-refractivity contribution in [2.75, 3.05) is 11.9 Å². The van der Waals surface area contributed by atoms with E-state index < -0.39 is 0 Å². The highest BCUT2D eigenvalue weighted by Gasteiger charge is 2.08. The van der Waals surface area contributed by atoms with Crippen molar-refractivity contribution < 1.29 is 4.79 Å². The zero-order valence-electron chi connectivity index (χ0n) is 12.5. The number of rotatable bonds is 6. The minimum absolute atomic E-state index is 0.0797. The van der Waals surface area contributed by atoms with E-state index in [0.717, 1.165) is 30.0 Å². The molecule has 0 fully saturated rings. The summed E-state index contributed by atoms with van der Waals surface area (Å²) >= 11 is 0. The molecule has 4 nitrogen and oxygen atoms in total. The van der Waals surface area contributed by atoms with Crippen LogP contribution in [-0.2, 0) is 6.54 Å². The number of amides is 1. The van der Waals surface area contributed by atoms with Gasteiger partial charge in [-0.3, -0.25) is 4.79 Å². The predicted molar refractivity (Wildman–Crippen MR) is 85.4 cm³/mol. The van der Waals surface area contributed by atoms with Crippen LogP contribution in [0.25, 0.3) is 0 Å². The molecule has 0 aliphatic heterocycles. The lowest BCUT2D eigenvalue weighted by Gasteiger charge is -2.09. The number of carbonyl (C=O) groups is 1. The van der Waals surface area contributed by atoms with Gasteiger partial charge >= 0.3 is 0 Å². The van der Waals surface area contributed by atoms with Gasteiger partial charge in [0, 0.05) is 24.3 Å². The maximum absolute atomic E-state index is 12.2. The Morgan fingerprint density at radius 2 is 1.95 bits per heavy atom. The standard InChI is InChI=1S/C17H21N3O/c1-3-9-18-16-11-15(10-13(2)20-16)17(21)19-12-14-7-5-4-6-8-14/h4-8,10-11H,3,9,12H2,1-2H3,(H,18,20)(H,19,21). The number of nitrogens with zero attached hydrogens (tertiary/aromatic N) is 1. The minimum atomic E-state index is -0.0797. The molecule has 0 aliphatic carbocycles. The Labute approximate surface area is 125 Å². The van der Waals surface area contributed by atoms with Gasteiger partial charge in [0.15, 0.2) is 0 Å². The van der Waals surface area contributed by atoms with E-state index in [9.17, 15) is 4.79 Å². The van der Waals surface area contributed by atoms with E-state index in [1.165, 1.54) is 0 Å². The summed E-state index contributed by atoms with van der Waals surface area (Å²) < 4.78 is 0. The third-order valence-electron chi connectivity index (χ3n) is 3.07. The average molecular weight is 283 g/mol. The molecule has 0 aliphatic rings. The summed E-state index contributed by atoms with van der Waals surface area (Å²) in [6, 6.07) is 13.5. The van der Waals surface area contributed by atoms with Gasteiger partial charge in [-0.05, 0) is 31.0 Å². The summed E-state index contributed by atoms with van der Waals surface area (Å²) in [7, 11) is 0. The fraction of sp³-hybridized carbons (Fsp3) is 0.294. The Balaban J connectivity index is 2.03. The first-order valence-corrected chi connectivity index (χ1v) is 7.23. The van der Waals surface area contributed by atoms with Crippen LogP contribution >= 0.6 is 0 Å². The van der Waals surface area contributed by atoms with Crippen LogP contribution in [0.1, 0.15) is 35.0 Å². The smallest absolute Gasteiger partial charge is 0.251 e. The van der Waals surface area contributed by atoms with Crippen LogP contribution in [0.4, 0.5) is 5.82 Å². The van der Waals surface area contributed by atoms with E-state index in [4.69, 9.17) is 0 Å². The van der Waals surface area contributed by atoms with Crippen LogP contribution in [-0.4, -0.2) is 17.4 Å². The fourth-order valence-electron chi connectivity index (χ4n) is 2.02. The quantitative estimate of drug-likeness (QED) is 0.856. The highest BCUT2D eigenvalue weighted by molar-refractivity contribution is 5.94. The molecule has 110 valence electrons. The van der Waals surface area contributed by atoms with Crippen molar-refractivity contribution in [3.63, 3.8) is 0 Å². The number of aryl methyl sites for hydroxylation is 1. The summed E-state index contributed by atoms with van der Waals surface area (Å²) in [5.74, 6) is 0.672. The van der Waals surface area contributed by atoms with Crippen LogP contribution in [0.5, 0.6) is 0 Å². The van der Waals surface area contributed by atoms with Gasteiger partial charge in [0.05, 0.1) is 0 Å². The Hall–Kier alpha value is -2.36. The van der Waals surface area contributed by atoms with Crippen molar-refractivity contribution in [1.82, 2.24) is 10.3 Å². The molecule has 0 saturated carbocycles. The van der Waals surface area contributed by atoms with Crippen molar-refractivity contribution in [3.05, 3.63) is 59.3 Å². The summed E-state index contributed by atoms with van der Waals surface area (Å²) in [6.07, 6.45) is 1.02. The first kappa shape index (κ1) is 15.0. The third kappa shape index (κ3) is 4.60. The molecular weight excluding hydrogens is 262 g/mol. The number of carbonyl (C=O) groups excluding carboxylic acids is 1. The lowest BCUT2D eigenvalue weighted by molar-refractivity contribution is 0.0950. The first-order valence-electron chi connectivity index (χ1n) is 7.23. The number of pyridine rings is 1. The zero-order chi connectivity index (χ0) is 15.1. The van der Waals surface area contributed by atoms with Gasteiger partial charge in [0.25, 0.3) is 5.91 Å². The lowest BCUT2D eigenvalue weighted by Crippen LogP contribution is -2.23. The fourth-order valence-corrected chi connectivity index (χ4v) is 2.02. The van der Waals surface area contributed by atoms with Gasteiger partial charge in [0.2, 0.25) is 0 Å². The zero-order valence-corrected chi connectivity index (χ0v) is 12.5. The van der Waals surface area contributed by atoms with E-state index >= 15 is 0 Å². The van der Waals surface area contributed by atoms with Gasteiger partial charge in [-0.25, -0.2) is 4.98 Å². The van der Waals surface area contributed by atoms with Gasteiger partial charge in [0.1, 0.15) is 5.82 Å².